The topological polar surface area (TPSA) is 41.8 Å². The maximum atomic E-state index is 6.23. The molecule has 0 saturated heterocycles. The van der Waals surface area contributed by atoms with Crippen LogP contribution in [-0.2, 0) is 0 Å². The highest BCUT2D eigenvalue weighted by Crippen LogP contribution is 2.34. The first-order chi connectivity index (χ1) is 11.1. The van der Waals surface area contributed by atoms with Gasteiger partial charge in [0.05, 0.1) is 16.1 Å². The number of fused-ring (bicyclic) bond motifs is 1. The van der Waals surface area contributed by atoms with Crippen molar-refractivity contribution in [3.8, 4) is 22.9 Å². The van der Waals surface area contributed by atoms with Gasteiger partial charge in [-0.2, -0.15) is 0 Å². The van der Waals surface area contributed by atoms with Crippen molar-refractivity contribution in [1.29, 1.82) is 0 Å². The Morgan fingerprint density at radius 2 is 1.78 bits per heavy atom. The molecular weight excluding hydrogens is 331 g/mol. The monoisotopic (exact) mass is 342 g/mol. The van der Waals surface area contributed by atoms with Crippen LogP contribution in [0.1, 0.15) is 5.56 Å². The lowest BCUT2D eigenvalue weighted by molar-refractivity contribution is 0.593. The summed E-state index contributed by atoms with van der Waals surface area (Å²) in [5.74, 6) is 2.00. The maximum Gasteiger partial charge on any atom is 0.174 e. The molecule has 0 saturated carbocycles. The molecule has 114 valence electrons. The molecule has 0 radical (unpaired) electrons. The van der Waals surface area contributed by atoms with Crippen molar-refractivity contribution >= 4 is 34.2 Å². The van der Waals surface area contributed by atoms with Gasteiger partial charge in [0.15, 0.2) is 11.6 Å². The van der Waals surface area contributed by atoms with Gasteiger partial charge in [0.25, 0.3) is 0 Å². The molecule has 2 aromatic heterocycles. The summed E-state index contributed by atoms with van der Waals surface area (Å²) in [6.07, 6.45) is 0. The lowest BCUT2D eigenvalue weighted by atomic mass is 10.2. The second-order valence-corrected chi connectivity index (χ2v) is 6.24. The Bertz CT molecular complexity index is 1020. The van der Waals surface area contributed by atoms with Crippen LogP contribution in [0.4, 0.5) is 0 Å². The average molecular weight is 343 g/mol. The second kappa shape index (κ2) is 5.44. The first-order valence-electron chi connectivity index (χ1n) is 7.12. The summed E-state index contributed by atoms with van der Waals surface area (Å²) in [5.41, 5.74) is 3.83. The molecule has 2 heterocycles. The van der Waals surface area contributed by atoms with Gasteiger partial charge in [-0.05, 0) is 55.0 Å². The number of furan rings is 1. The Hall–Kier alpha value is -2.23. The molecule has 0 aliphatic rings. The van der Waals surface area contributed by atoms with Gasteiger partial charge >= 0.3 is 0 Å². The van der Waals surface area contributed by atoms with E-state index in [1.165, 1.54) is 5.56 Å². The van der Waals surface area contributed by atoms with Gasteiger partial charge in [-0.1, -0.05) is 29.3 Å². The molecule has 3 nitrogen and oxygen atoms in total. The van der Waals surface area contributed by atoms with Crippen LogP contribution in [0.25, 0.3) is 33.9 Å². The molecule has 4 aromatic rings. The third-order valence-corrected chi connectivity index (χ3v) is 4.24. The van der Waals surface area contributed by atoms with E-state index in [0.717, 1.165) is 16.6 Å². The van der Waals surface area contributed by atoms with Crippen molar-refractivity contribution in [2.45, 2.75) is 6.92 Å². The molecule has 0 amide bonds. The Labute approximate surface area is 142 Å². The summed E-state index contributed by atoms with van der Waals surface area (Å²) < 4.78 is 5.91. The van der Waals surface area contributed by atoms with Crippen LogP contribution in [0.15, 0.2) is 52.9 Å². The molecule has 23 heavy (non-hydrogen) atoms. The van der Waals surface area contributed by atoms with E-state index in [4.69, 9.17) is 27.6 Å². The number of aromatic nitrogens is 2. The van der Waals surface area contributed by atoms with Gasteiger partial charge in [-0.15, -0.1) is 0 Å². The predicted molar refractivity (Wildman–Crippen MR) is 94.0 cm³/mol. The van der Waals surface area contributed by atoms with E-state index in [2.05, 4.69) is 16.0 Å². The summed E-state index contributed by atoms with van der Waals surface area (Å²) in [6, 6.07) is 15.1. The van der Waals surface area contributed by atoms with E-state index in [9.17, 15) is 0 Å². The second-order valence-electron chi connectivity index (χ2n) is 5.39. The molecule has 0 aliphatic carbocycles. The molecule has 0 fully saturated rings. The van der Waals surface area contributed by atoms with Crippen molar-refractivity contribution in [3.05, 3.63) is 64.1 Å². The predicted octanol–water partition coefficient (Wildman–Crippen LogP) is 6.11. The van der Waals surface area contributed by atoms with E-state index in [-0.39, 0.29) is 0 Å². The van der Waals surface area contributed by atoms with Crippen molar-refractivity contribution in [3.63, 3.8) is 0 Å². The fourth-order valence-electron chi connectivity index (χ4n) is 2.54. The number of halogens is 2. The SMILES string of the molecule is Cc1ccc2nc(-c3ccc(-c4cc(Cl)ccc4Cl)o3)[nH]c2c1. The number of H-pyrrole nitrogens is 1. The number of imidazole rings is 1. The van der Waals surface area contributed by atoms with Crippen LogP contribution in [0, 0.1) is 6.92 Å². The highest BCUT2D eigenvalue weighted by atomic mass is 35.5. The normalized spacial score (nSPS) is 11.3. The molecule has 0 unspecified atom stereocenters. The van der Waals surface area contributed by atoms with Gasteiger partial charge < -0.3 is 9.40 Å². The highest BCUT2D eigenvalue weighted by molar-refractivity contribution is 6.35. The van der Waals surface area contributed by atoms with Gasteiger partial charge in [-0.25, -0.2) is 4.98 Å². The minimum Gasteiger partial charge on any atom is -0.453 e. The van der Waals surface area contributed by atoms with Gasteiger partial charge in [0, 0.05) is 10.6 Å². The van der Waals surface area contributed by atoms with Crippen LogP contribution in [0.2, 0.25) is 10.0 Å². The highest BCUT2D eigenvalue weighted by Gasteiger charge is 2.13. The lowest BCUT2D eigenvalue weighted by Gasteiger charge is -2.01. The third kappa shape index (κ3) is 2.62. The fraction of sp³-hybridized carbons (Fsp3) is 0.0556. The number of nitrogens with one attached hydrogen (secondary N) is 1. The van der Waals surface area contributed by atoms with E-state index in [1.54, 1.807) is 18.2 Å². The smallest absolute Gasteiger partial charge is 0.174 e. The largest absolute Gasteiger partial charge is 0.453 e. The molecule has 0 spiro atoms. The van der Waals surface area contributed by atoms with E-state index >= 15 is 0 Å². The molecule has 1 N–H and O–H groups in total. The lowest BCUT2D eigenvalue weighted by Crippen LogP contribution is -1.77. The fourth-order valence-corrected chi connectivity index (χ4v) is 2.92. The number of benzene rings is 2. The Balaban J connectivity index is 1.78. The van der Waals surface area contributed by atoms with Crippen LogP contribution < -0.4 is 0 Å². The number of rotatable bonds is 2. The quantitative estimate of drug-likeness (QED) is 0.477. The summed E-state index contributed by atoms with van der Waals surface area (Å²) in [7, 11) is 0. The van der Waals surface area contributed by atoms with Crippen LogP contribution >= 0.6 is 23.2 Å². The maximum absolute atomic E-state index is 6.23. The van der Waals surface area contributed by atoms with E-state index in [1.807, 2.05) is 31.2 Å². The van der Waals surface area contributed by atoms with Crippen molar-refractivity contribution < 1.29 is 4.42 Å². The van der Waals surface area contributed by atoms with Gasteiger partial charge in [0.2, 0.25) is 0 Å². The molecular formula is C18H12Cl2N2O. The van der Waals surface area contributed by atoms with E-state index in [0.29, 0.717) is 27.4 Å². The van der Waals surface area contributed by atoms with Crippen molar-refractivity contribution in [1.82, 2.24) is 9.97 Å². The Morgan fingerprint density at radius 1 is 0.957 bits per heavy atom. The number of hydrogen-bond acceptors (Lipinski definition) is 2. The summed E-state index contributed by atoms with van der Waals surface area (Å²) in [6.45, 7) is 2.05. The molecule has 0 bridgehead atoms. The minimum absolute atomic E-state index is 0.593. The molecule has 4 rings (SSSR count). The molecule has 5 heteroatoms. The molecule has 0 atom stereocenters. The summed E-state index contributed by atoms with van der Waals surface area (Å²) in [4.78, 5) is 7.84. The third-order valence-electron chi connectivity index (χ3n) is 3.67. The van der Waals surface area contributed by atoms with Gasteiger partial charge in [-0.3, -0.25) is 0 Å². The summed E-state index contributed by atoms with van der Waals surface area (Å²) in [5, 5.41) is 1.21. The molecule has 0 aliphatic heterocycles. The average Bonchev–Trinajstić information content (AvgIpc) is 3.15. The van der Waals surface area contributed by atoms with Crippen LogP contribution in [-0.4, -0.2) is 9.97 Å². The zero-order valence-electron chi connectivity index (χ0n) is 12.2. The number of aromatic amines is 1. The number of hydrogen-bond donors (Lipinski definition) is 1. The molecule has 2 aromatic carbocycles. The van der Waals surface area contributed by atoms with Crippen LogP contribution in [0.5, 0.6) is 0 Å². The van der Waals surface area contributed by atoms with Crippen molar-refractivity contribution in [2.75, 3.05) is 0 Å². The standard InChI is InChI=1S/C18H12Cl2N2O/c1-10-2-5-14-15(8-10)22-18(21-14)17-7-6-16(23-17)12-9-11(19)3-4-13(12)20/h2-9H,1H3,(H,21,22). The summed E-state index contributed by atoms with van der Waals surface area (Å²) >= 11 is 12.3. The number of nitrogens with zero attached hydrogens (tertiary/aromatic N) is 1. The Kier molecular flexibility index (Phi) is 3.40. The first kappa shape index (κ1) is 14.4. The zero-order chi connectivity index (χ0) is 16.0. The van der Waals surface area contributed by atoms with Gasteiger partial charge in [0.1, 0.15) is 5.76 Å². The van der Waals surface area contributed by atoms with Crippen LogP contribution in [0.3, 0.4) is 0 Å². The number of aryl methyl sites for hydroxylation is 1. The Morgan fingerprint density at radius 3 is 2.65 bits per heavy atom. The zero-order valence-corrected chi connectivity index (χ0v) is 13.7. The first-order valence-corrected chi connectivity index (χ1v) is 7.88. The van der Waals surface area contributed by atoms with Crippen molar-refractivity contribution in [2.24, 2.45) is 0 Å². The van der Waals surface area contributed by atoms with E-state index < -0.39 is 0 Å². The minimum atomic E-state index is 0.593.